The number of thioether (sulfide) groups is 1. The van der Waals surface area contributed by atoms with E-state index in [2.05, 4.69) is 4.98 Å². The van der Waals surface area contributed by atoms with Gasteiger partial charge in [0.1, 0.15) is 5.03 Å². The van der Waals surface area contributed by atoms with Gasteiger partial charge >= 0.3 is 5.97 Å². The molecule has 2 atom stereocenters. The largest absolute Gasteiger partial charge is 0.427 e. The summed E-state index contributed by atoms with van der Waals surface area (Å²) in [5.41, 5.74) is 1.63. The molecule has 1 N–H and O–H groups in total. The number of aliphatic hydroxyl groups is 1. The van der Waals surface area contributed by atoms with Gasteiger partial charge in [-0.05, 0) is 25.3 Å². The van der Waals surface area contributed by atoms with Crippen LogP contribution in [0.5, 0.6) is 0 Å². The summed E-state index contributed by atoms with van der Waals surface area (Å²) in [5.74, 6) is -2.03. The second kappa shape index (κ2) is 4.49. The Hall–Kier alpha value is -1.53. The number of esters is 1. The lowest BCUT2D eigenvalue weighted by molar-refractivity contribution is -0.213. The lowest BCUT2D eigenvalue weighted by Crippen LogP contribution is -2.28. The third-order valence-electron chi connectivity index (χ3n) is 3.65. The summed E-state index contributed by atoms with van der Waals surface area (Å²) in [4.78, 5) is 15.6. The molecule has 6 heteroatoms. The number of aromatic nitrogens is 2. The van der Waals surface area contributed by atoms with Crippen molar-refractivity contribution in [3.8, 4) is 0 Å². The Bertz CT molecular complexity index is 697. The molecule has 3 rings (SSSR count). The molecule has 0 spiro atoms. The average molecular weight is 292 g/mol. The van der Waals surface area contributed by atoms with Crippen molar-refractivity contribution in [1.82, 2.24) is 9.55 Å². The van der Waals surface area contributed by atoms with E-state index in [1.807, 2.05) is 29.9 Å². The van der Waals surface area contributed by atoms with Gasteiger partial charge in [0.15, 0.2) is 0 Å². The maximum atomic E-state index is 11.3. The van der Waals surface area contributed by atoms with Crippen LogP contribution >= 0.6 is 11.8 Å². The minimum atomic E-state index is -1.54. The van der Waals surface area contributed by atoms with Crippen molar-refractivity contribution in [2.24, 2.45) is 0 Å². The van der Waals surface area contributed by atoms with E-state index >= 15 is 0 Å². The quantitative estimate of drug-likeness (QED) is 0.523. The minimum absolute atomic E-state index is 0.0592. The molecule has 1 aliphatic heterocycles. The fourth-order valence-corrected chi connectivity index (χ4v) is 3.54. The van der Waals surface area contributed by atoms with Gasteiger partial charge in [-0.3, -0.25) is 4.79 Å². The first-order valence-electron chi connectivity index (χ1n) is 6.42. The molecule has 5 nitrogen and oxygen atoms in total. The Morgan fingerprint density at radius 3 is 3.05 bits per heavy atom. The Labute approximate surface area is 120 Å². The fraction of sp³-hybridized carbons (Fsp3) is 0.429. The third kappa shape index (κ3) is 1.83. The Morgan fingerprint density at radius 2 is 2.40 bits per heavy atom. The van der Waals surface area contributed by atoms with Crippen molar-refractivity contribution < 1.29 is 14.6 Å². The van der Waals surface area contributed by atoms with Crippen LogP contribution in [0.3, 0.4) is 0 Å². The molecule has 20 heavy (non-hydrogen) atoms. The summed E-state index contributed by atoms with van der Waals surface area (Å²) in [6.07, 6.45) is 4.10. The SMILES string of the molecule is CSc1nccc2c1cc1n2C(C)CC1(O)OC(C)=O. The molecule has 0 radical (unpaired) electrons. The van der Waals surface area contributed by atoms with E-state index in [1.54, 1.807) is 18.0 Å². The molecular formula is C14H16N2O3S. The predicted molar refractivity (Wildman–Crippen MR) is 76.5 cm³/mol. The topological polar surface area (TPSA) is 64.3 Å². The summed E-state index contributed by atoms with van der Waals surface area (Å²) in [5, 5.41) is 12.5. The van der Waals surface area contributed by atoms with Crippen LogP contribution in [0.15, 0.2) is 23.4 Å². The number of carbonyl (C=O) groups is 1. The van der Waals surface area contributed by atoms with E-state index in [0.717, 1.165) is 15.9 Å². The van der Waals surface area contributed by atoms with Gasteiger partial charge < -0.3 is 14.4 Å². The Kier molecular flexibility index (Phi) is 3.02. The van der Waals surface area contributed by atoms with Crippen LogP contribution in [0.1, 0.15) is 32.0 Å². The average Bonchev–Trinajstić information content (AvgIpc) is 2.86. The second-order valence-corrected chi connectivity index (χ2v) is 5.88. The molecule has 0 bridgehead atoms. The van der Waals surface area contributed by atoms with Gasteiger partial charge in [-0.1, -0.05) is 0 Å². The number of carbonyl (C=O) groups excluding carboxylic acids is 1. The van der Waals surface area contributed by atoms with Crippen molar-refractivity contribution in [2.75, 3.05) is 6.26 Å². The summed E-state index contributed by atoms with van der Waals surface area (Å²) in [6.45, 7) is 3.31. The van der Waals surface area contributed by atoms with Gasteiger partial charge in [-0.2, -0.15) is 0 Å². The van der Waals surface area contributed by atoms with Gasteiger partial charge in [0, 0.05) is 31.0 Å². The normalized spacial score (nSPS) is 24.9. The highest BCUT2D eigenvalue weighted by molar-refractivity contribution is 7.98. The van der Waals surface area contributed by atoms with E-state index < -0.39 is 11.8 Å². The highest BCUT2D eigenvalue weighted by Gasteiger charge is 2.45. The Morgan fingerprint density at radius 1 is 1.65 bits per heavy atom. The maximum absolute atomic E-state index is 11.3. The maximum Gasteiger partial charge on any atom is 0.305 e. The van der Waals surface area contributed by atoms with Crippen LogP contribution in [0.25, 0.3) is 10.9 Å². The molecule has 1 aliphatic rings. The Balaban J connectivity index is 2.24. The van der Waals surface area contributed by atoms with Crippen molar-refractivity contribution in [1.29, 1.82) is 0 Å². The first kappa shape index (κ1) is 13.5. The fourth-order valence-electron chi connectivity index (χ4n) is 2.99. The van der Waals surface area contributed by atoms with E-state index in [-0.39, 0.29) is 6.04 Å². The van der Waals surface area contributed by atoms with Crippen molar-refractivity contribution >= 4 is 28.6 Å². The van der Waals surface area contributed by atoms with E-state index in [0.29, 0.717) is 12.1 Å². The lowest BCUT2D eigenvalue weighted by Gasteiger charge is -2.21. The zero-order chi connectivity index (χ0) is 14.5. The molecule has 2 aromatic heterocycles. The predicted octanol–water partition coefficient (Wildman–Crippen LogP) is 2.43. The van der Waals surface area contributed by atoms with Gasteiger partial charge in [0.25, 0.3) is 5.79 Å². The number of pyridine rings is 1. The third-order valence-corrected chi connectivity index (χ3v) is 4.36. The van der Waals surface area contributed by atoms with Crippen LogP contribution in [0.4, 0.5) is 0 Å². The zero-order valence-corrected chi connectivity index (χ0v) is 12.4. The molecule has 0 aromatic carbocycles. The number of fused-ring (bicyclic) bond motifs is 3. The summed E-state index contributed by atoms with van der Waals surface area (Å²) in [7, 11) is 0. The van der Waals surface area contributed by atoms with Crippen LogP contribution < -0.4 is 0 Å². The molecule has 3 heterocycles. The molecule has 2 unspecified atom stereocenters. The zero-order valence-electron chi connectivity index (χ0n) is 11.6. The van der Waals surface area contributed by atoms with E-state index in [9.17, 15) is 9.90 Å². The van der Waals surface area contributed by atoms with Crippen molar-refractivity contribution in [3.63, 3.8) is 0 Å². The number of ether oxygens (including phenoxy) is 1. The van der Waals surface area contributed by atoms with E-state index in [1.165, 1.54) is 6.92 Å². The van der Waals surface area contributed by atoms with Crippen molar-refractivity contribution in [2.45, 2.75) is 37.1 Å². The molecule has 0 saturated heterocycles. The molecule has 0 amide bonds. The molecule has 0 fully saturated rings. The minimum Gasteiger partial charge on any atom is -0.427 e. The lowest BCUT2D eigenvalue weighted by atomic mass is 10.1. The smallest absolute Gasteiger partial charge is 0.305 e. The monoisotopic (exact) mass is 292 g/mol. The van der Waals surface area contributed by atoms with Crippen LogP contribution in [0, 0.1) is 0 Å². The molecule has 106 valence electrons. The number of hydrogen-bond acceptors (Lipinski definition) is 5. The number of nitrogens with zero attached hydrogens (tertiary/aromatic N) is 2. The number of rotatable bonds is 2. The molecule has 0 saturated carbocycles. The first-order valence-corrected chi connectivity index (χ1v) is 7.65. The van der Waals surface area contributed by atoms with E-state index in [4.69, 9.17) is 4.74 Å². The highest BCUT2D eigenvalue weighted by atomic mass is 32.2. The van der Waals surface area contributed by atoms with Crippen molar-refractivity contribution in [3.05, 3.63) is 24.0 Å². The summed E-state index contributed by atoms with van der Waals surface area (Å²) < 4.78 is 7.19. The summed E-state index contributed by atoms with van der Waals surface area (Å²) in [6, 6.07) is 3.86. The second-order valence-electron chi connectivity index (χ2n) is 5.08. The molecular weight excluding hydrogens is 276 g/mol. The summed E-state index contributed by atoms with van der Waals surface area (Å²) >= 11 is 1.56. The van der Waals surface area contributed by atoms with Crippen LogP contribution in [0.2, 0.25) is 0 Å². The first-order chi connectivity index (χ1) is 9.46. The van der Waals surface area contributed by atoms with Gasteiger partial charge in [0.05, 0.1) is 11.2 Å². The molecule has 2 aromatic rings. The molecule has 0 aliphatic carbocycles. The van der Waals surface area contributed by atoms with Gasteiger partial charge in [-0.15, -0.1) is 11.8 Å². The van der Waals surface area contributed by atoms with Gasteiger partial charge in [0.2, 0.25) is 0 Å². The highest BCUT2D eigenvalue weighted by Crippen LogP contribution is 2.45. The van der Waals surface area contributed by atoms with Crippen LogP contribution in [-0.4, -0.2) is 26.9 Å². The number of hydrogen-bond donors (Lipinski definition) is 1. The standard InChI is InChI=1S/C14H16N2O3S/c1-8-7-14(18,19-9(2)17)12-6-10-11(16(8)12)4-5-15-13(10)20-3/h4-6,8,18H,7H2,1-3H3. The van der Waals surface area contributed by atoms with Crippen LogP contribution in [-0.2, 0) is 15.3 Å². The van der Waals surface area contributed by atoms with Gasteiger partial charge in [-0.25, -0.2) is 4.98 Å².